The molecule has 0 atom stereocenters. The molecule has 0 saturated carbocycles. The summed E-state index contributed by atoms with van der Waals surface area (Å²) in [5.74, 6) is -0.0523. The molecule has 0 aromatic carbocycles. The largest absolute Gasteiger partial charge is 0.364 e. The number of amides is 1. The smallest absolute Gasteiger partial charge is 0.269 e. The number of primary amides is 1. The van der Waals surface area contributed by atoms with E-state index < -0.39 is 5.91 Å². The molecule has 0 fully saturated rings. The number of nitrogens with two attached hydrogens (primary N) is 1. The zero-order chi connectivity index (χ0) is 13.6. The second-order valence-corrected chi connectivity index (χ2v) is 5.47. The molecule has 0 bridgehead atoms. The first-order valence-electron chi connectivity index (χ1n) is 5.34. The molecule has 3 rings (SSSR count). The van der Waals surface area contributed by atoms with Gasteiger partial charge in [-0.25, -0.2) is 9.67 Å². The molecule has 0 spiro atoms. The van der Waals surface area contributed by atoms with Crippen molar-refractivity contribution >= 4 is 39.1 Å². The van der Waals surface area contributed by atoms with Gasteiger partial charge in [0.1, 0.15) is 10.5 Å². The summed E-state index contributed by atoms with van der Waals surface area (Å²) in [6, 6.07) is 3.49. The quantitative estimate of drug-likeness (QED) is 0.732. The molecule has 3 aromatic heterocycles. The Morgan fingerprint density at radius 3 is 2.95 bits per heavy atom. The molecular formula is C11H8ClN5OS. The van der Waals surface area contributed by atoms with Gasteiger partial charge in [-0.05, 0) is 30.7 Å². The zero-order valence-corrected chi connectivity index (χ0v) is 11.4. The van der Waals surface area contributed by atoms with Gasteiger partial charge in [-0.1, -0.05) is 0 Å². The molecule has 0 aliphatic rings. The van der Waals surface area contributed by atoms with Crippen LogP contribution in [0.4, 0.5) is 0 Å². The van der Waals surface area contributed by atoms with E-state index in [0.29, 0.717) is 5.82 Å². The highest BCUT2D eigenvalue weighted by atomic mass is 35.5. The first-order chi connectivity index (χ1) is 9.04. The number of fused-ring (bicyclic) bond motifs is 1. The van der Waals surface area contributed by atoms with Crippen LogP contribution in [-0.2, 0) is 0 Å². The third-order valence-corrected chi connectivity index (χ3v) is 3.64. The van der Waals surface area contributed by atoms with Crippen molar-refractivity contribution in [3.05, 3.63) is 34.2 Å². The Labute approximate surface area is 116 Å². The monoisotopic (exact) mass is 293 g/mol. The Morgan fingerprint density at radius 2 is 2.26 bits per heavy atom. The molecule has 96 valence electrons. The fraction of sp³-hybridized carbons (Fsp3) is 0.0909. The predicted octanol–water partition coefficient (Wildman–Crippen LogP) is 1.94. The number of aryl methyl sites for hydroxylation is 1. The number of aromatic nitrogens is 4. The van der Waals surface area contributed by atoms with Crippen molar-refractivity contribution in [1.29, 1.82) is 0 Å². The summed E-state index contributed by atoms with van der Waals surface area (Å²) in [6.45, 7) is 1.97. The number of halogens is 1. The lowest BCUT2D eigenvalue weighted by Crippen LogP contribution is -2.12. The first-order valence-corrected chi connectivity index (χ1v) is 6.53. The van der Waals surface area contributed by atoms with Crippen molar-refractivity contribution < 1.29 is 4.79 Å². The fourth-order valence-electron chi connectivity index (χ4n) is 1.75. The van der Waals surface area contributed by atoms with Gasteiger partial charge in [-0.15, -0.1) is 11.3 Å². The van der Waals surface area contributed by atoms with Gasteiger partial charge in [0.05, 0.1) is 5.39 Å². The van der Waals surface area contributed by atoms with E-state index in [4.69, 9.17) is 17.3 Å². The molecule has 1 amide bonds. The molecule has 2 N–H and O–H groups in total. The second-order valence-electron chi connectivity index (χ2n) is 3.90. The molecular weight excluding hydrogens is 286 g/mol. The van der Waals surface area contributed by atoms with Crippen LogP contribution in [0.1, 0.15) is 15.4 Å². The Bertz CT molecular complexity index is 794. The van der Waals surface area contributed by atoms with Crippen LogP contribution in [-0.4, -0.2) is 25.7 Å². The van der Waals surface area contributed by atoms with Crippen LogP contribution in [0.5, 0.6) is 0 Å². The maximum Gasteiger partial charge on any atom is 0.269 e. The van der Waals surface area contributed by atoms with Crippen LogP contribution in [0.2, 0.25) is 5.28 Å². The van der Waals surface area contributed by atoms with Gasteiger partial charge in [0.2, 0.25) is 5.28 Å². The Kier molecular flexibility index (Phi) is 2.72. The number of thiophene rings is 1. The highest BCUT2D eigenvalue weighted by Crippen LogP contribution is 2.28. The van der Waals surface area contributed by atoms with Crippen molar-refractivity contribution in [3.63, 3.8) is 0 Å². The fourth-order valence-corrected chi connectivity index (χ4v) is 2.84. The molecule has 0 aliphatic heterocycles. The molecule has 0 saturated heterocycles. The van der Waals surface area contributed by atoms with Crippen molar-refractivity contribution in [2.24, 2.45) is 5.73 Å². The molecule has 19 heavy (non-hydrogen) atoms. The van der Waals surface area contributed by atoms with Gasteiger partial charge in [0.25, 0.3) is 5.91 Å². The molecule has 3 heterocycles. The number of carbonyl (C=O) groups excluding carboxylic acids is 1. The van der Waals surface area contributed by atoms with Crippen molar-refractivity contribution in [2.75, 3.05) is 0 Å². The minimum Gasteiger partial charge on any atom is -0.364 e. The van der Waals surface area contributed by atoms with Crippen LogP contribution in [0.3, 0.4) is 0 Å². The Morgan fingerprint density at radius 1 is 1.47 bits per heavy atom. The number of rotatable bonds is 2. The van der Waals surface area contributed by atoms with Gasteiger partial charge in [-0.2, -0.15) is 10.1 Å². The van der Waals surface area contributed by atoms with E-state index in [9.17, 15) is 4.79 Å². The van der Waals surface area contributed by atoms with Crippen LogP contribution in [0, 0.1) is 6.92 Å². The topological polar surface area (TPSA) is 86.7 Å². The van der Waals surface area contributed by atoms with Crippen molar-refractivity contribution in [1.82, 2.24) is 19.7 Å². The summed E-state index contributed by atoms with van der Waals surface area (Å²) >= 11 is 7.42. The standard InChI is InChI=1S/C11H8ClN5OS/c1-5-4-6-9(14-11(12)15-10(6)19-5)17-3-2-7(16-17)8(13)18/h2-4H,1H3,(H2,13,18). The Balaban J connectivity index is 2.25. The third kappa shape index (κ3) is 2.06. The lowest BCUT2D eigenvalue weighted by atomic mass is 10.3. The highest BCUT2D eigenvalue weighted by molar-refractivity contribution is 7.18. The van der Waals surface area contributed by atoms with Gasteiger partial charge in [-0.3, -0.25) is 4.79 Å². The summed E-state index contributed by atoms with van der Waals surface area (Å²) in [4.78, 5) is 21.3. The van der Waals surface area contributed by atoms with E-state index in [1.54, 1.807) is 6.20 Å². The summed E-state index contributed by atoms with van der Waals surface area (Å²) in [7, 11) is 0. The minimum atomic E-state index is -0.586. The summed E-state index contributed by atoms with van der Waals surface area (Å²) in [5.41, 5.74) is 5.36. The average Bonchev–Trinajstić information content (AvgIpc) is 2.93. The van der Waals surface area contributed by atoms with Gasteiger partial charge < -0.3 is 5.73 Å². The number of carbonyl (C=O) groups is 1. The molecule has 8 heteroatoms. The maximum atomic E-state index is 11.1. The zero-order valence-electron chi connectivity index (χ0n) is 9.79. The number of hydrogen-bond donors (Lipinski definition) is 1. The molecule has 0 unspecified atom stereocenters. The average molecular weight is 294 g/mol. The van der Waals surface area contributed by atoms with Crippen LogP contribution in [0.25, 0.3) is 16.0 Å². The van der Waals surface area contributed by atoms with E-state index in [0.717, 1.165) is 15.1 Å². The minimum absolute atomic E-state index is 0.139. The number of hydrogen-bond acceptors (Lipinski definition) is 5. The molecule has 0 aliphatic carbocycles. The van der Waals surface area contributed by atoms with Crippen LogP contribution >= 0.6 is 22.9 Å². The summed E-state index contributed by atoms with van der Waals surface area (Å²) in [5, 5.41) is 5.06. The highest BCUT2D eigenvalue weighted by Gasteiger charge is 2.13. The van der Waals surface area contributed by atoms with E-state index in [-0.39, 0.29) is 11.0 Å². The van der Waals surface area contributed by atoms with Gasteiger partial charge >= 0.3 is 0 Å². The van der Waals surface area contributed by atoms with E-state index in [1.807, 2.05) is 13.0 Å². The summed E-state index contributed by atoms with van der Waals surface area (Å²) < 4.78 is 1.47. The molecule has 0 radical (unpaired) electrons. The van der Waals surface area contributed by atoms with E-state index >= 15 is 0 Å². The second kappa shape index (κ2) is 4.29. The lowest BCUT2D eigenvalue weighted by Gasteiger charge is -2.02. The molecule has 3 aromatic rings. The lowest BCUT2D eigenvalue weighted by molar-refractivity contribution is 0.0995. The third-order valence-electron chi connectivity index (χ3n) is 2.53. The van der Waals surface area contributed by atoms with Gasteiger partial charge in [0.15, 0.2) is 5.82 Å². The SMILES string of the molecule is Cc1cc2c(-n3ccc(C(N)=O)n3)nc(Cl)nc2s1. The van der Waals surface area contributed by atoms with Crippen molar-refractivity contribution in [2.45, 2.75) is 6.92 Å². The summed E-state index contributed by atoms with van der Waals surface area (Å²) in [6.07, 6.45) is 1.62. The van der Waals surface area contributed by atoms with E-state index in [2.05, 4.69) is 15.1 Å². The normalized spacial score (nSPS) is 11.1. The maximum absolute atomic E-state index is 11.1. The van der Waals surface area contributed by atoms with Crippen LogP contribution in [0.15, 0.2) is 18.3 Å². The van der Waals surface area contributed by atoms with Crippen LogP contribution < -0.4 is 5.73 Å². The van der Waals surface area contributed by atoms with Crippen molar-refractivity contribution in [3.8, 4) is 5.82 Å². The van der Waals surface area contributed by atoms with Gasteiger partial charge in [0, 0.05) is 11.1 Å². The Hall–Kier alpha value is -1.99. The number of nitrogens with zero attached hydrogens (tertiary/aromatic N) is 4. The molecule has 6 nitrogen and oxygen atoms in total. The first kappa shape index (κ1) is 12.1. The predicted molar refractivity (Wildman–Crippen MR) is 72.8 cm³/mol. The van der Waals surface area contributed by atoms with E-state index in [1.165, 1.54) is 22.1 Å².